The van der Waals surface area contributed by atoms with E-state index in [1.807, 2.05) is 42.2 Å². The van der Waals surface area contributed by atoms with Gasteiger partial charge in [-0.15, -0.1) is 12.4 Å². The van der Waals surface area contributed by atoms with Gasteiger partial charge in [0.1, 0.15) is 5.69 Å². The summed E-state index contributed by atoms with van der Waals surface area (Å²) in [6.07, 6.45) is 0.831. The second-order valence-electron chi connectivity index (χ2n) is 7.14. The standard InChI is InChI=1S/C18H24N4O.ClH/c1-12-4-6-13(7-5-12)14-10-15(21-20-14)17(23)22-9-8-16(19)18(2,3)11-22;/h4-7,10,16H,8-9,11,19H2,1-3H3,(H,20,21);1H. The van der Waals surface area contributed by atoms with E-state index in [4.69, 9.17) is 5.73 Å². The number of hydrogen-bond acceptors (Lipinski definition) is 3. The van der Waals surface area contributed by atoms with Gasteiger partial charge in [-0.2, -0.15) is 5.10 Å². The maximum Gasteiger partial charge on any atom is 0.271 e. The molecule has 5 nitrogen and oxygen atoms in total. The van der Waals surface area contributed by atoms with E-state index in [1.165, 1.54) is 5.56 Å². The van der Waals surface area contributed by atoms with Crippen LogP contribution in [0, 0.1) is 12.3 Å². The zero-order chi connectivity index (χ0) is 16.6. The zero-order valence-electron chi connectivity index (χ0n) is 14.4. The molecule has 1 fully saturated rings. The lowest BCUT2D eigenvalue weighted by atomic mass is 9.79. The fourth-order valence-electron chi connectivity index (χ4n) is 3.02. The number of piperidine rings is 1. The quantitative estimate of drug-likeness (QED) is 0.876. The summed E-state index contributed by atoms with van der Waals surface area (Å²) in [5.41, 5.74) is 9.62. The Morgan fingerprint density at radius 3 is 2.62 bits per heavy atom. The summed E-state index contributed by atoms with van der Waals surface area (Å²) in [6, 6.07) is 10.1. The van der Waals surface area contributed by atoms with E-state index in [1.54, 1.807) is 0 Å². The average Bonchev–Trinajstić information content (AvgIpc) is 3.00. The van der Waals surface area contributed by atoms with Crippen LogP contribution in [-0.2, 0) is 0 Å². The molecule has 2 aromatic rings. The van der Waals surface area contributed by atoms with Crippen LogP contribution in [0.25, 0.3) is 11.3 Å². The van der Waals surface area contributed by atoms with Crippen molar-refractivity contribution in [3.8, 4) is 11.3 Å². The number of nitrogens with one attached hydrogen (secondary N) is 1. The minimum absolute atomic E-state index is 0. The van der Waals surface area contributed by atoms with Crippen LogP contribution < -0.4 is 5.73 Å². The van der Waals surface area contributed by atoms with E-state index < -0.39 is 0 Å². The highest BCUT2D eigenvalue weighted by Crippen LogP contribution is 2.28. The first-order valence-corrected chi connectivity index (χ1v) is 8.04. The van der Waals surface area contributed by atoms with Crippen molar-refractivity contribution in [2.45, 2.75) is 33.2 Å². The molecule has 0 bridgehead atoms. The number of hydrogen-bond donors (Lipinski definition) is 2. The third-order valence-corrected chi connectivity index (χ3v) is 4.75. The lowest BCUT2D eigenvalue weighted by Crippen LogP contribution is -2.54. The summed E-state index contributed by atoms with van der Waals surface area (Å²) in [6.45, 7) is 7.64. The highest BCUT2D eigenvalue weighted by molar-refractivity contribution is 5.93. The van der Waals surface area contributed by atoms with Crippen molar-refractivity contribution in [2.24, 2.45) is 11.1 Å². The number of amides is 1. The normalized spacial score (nSPS) is 19.7. The molecule has 1 aliphatic heterocycles. The van der Waals surface area contributed by atoms with Crippen LogP contribution in [0.3, 0.4) is 0 Å². The van der Waals surface area contributed by atoms with Crippen LogP contribution in [0.5, 0.6) is 0 Å². The summed E-state index contributed by atoms with van der Waals surface area (Å²) >= 11 is 0. The first-order valence-electron chi connectivity index (χ1n) is 8.04. The Morgan fingerprint density at radius 2 is 2.00 bits per heavy atom. The number of aromatic amines is 1. The number of H-pyrrole nitrogens is 1. The summed E-state index contributed by atoms with van der Waals surface area (Å²) < 4.78 is 0. The van der Waals surface area contributed by atoms with Gasteiger partial charge in [0.2, 0.25) is 0 Å². The molecule has 0 saturated carbocycles. The first-order chi connectivity index (χ1) is 10.9. The van der Waals surface area contributed by atoms with Crippen molar-refractivity contribution in [1.29, 1.82) is 0 Å². The number of benzene rings is 1. The van der Waals surface area contributed by atoms with Crippen molar-refractivity contribution in [3.05, 3.63) is 41.6 Å². The highest BCUT2D eigenvalue weighted by atomic mass is 35.5. The van der Waals surface area contributed by atoms with Crippen LogP contribution >= 0.6 is 12.4 Å². The Balaban J connectivity index is 0.00000208. The van der Waals surface area contributed by atoms with Crippen molar-refractivity contribution < 1.29 is 4.79 Å². The van der Waals surface area contributed by atoms with Crippen LogP contribution in [0.15, 0.2) is 30.3 Å². The second-order valence-corrected chi connectivity index (χ2v) is 7.14. The molecule has 1 amide bonds. The molecule has 130 valence electrons. The second kappa shape index (κ2) is 6.95. The van der Waals surface area contributed by atoms with E-state index in [0.29, 0.717) is 18.8 Å². The molecule has 24 heavy (non-hydrogen) atoms. The van der Waals surface area contributed by atoms with Crippen molar-refractivity contribution >= 4 is 18.3 Å². The molecule has 1 aromatic heterocycles. The number of rotatable bonds is 2. The van der Waals surface area contributed by atoms with Gasteiger partial charge in [-0.25, -0.2) is 0 Å². The molecule has 1 aromatic carbocycles. The molecular formula is C18H25ClN4O. The largest absolute Gasteiger partial charge is 0.337 e. The van der Waals surface area contributed by atoms with Gasteiger partial charge in [0, 0.05) is 24.7 Å². The lowest BCUT2D eigenvalue weighted by molar-refractivity contribution is 0.0527. The van der Waals surface area contributed by atoms with Crippen LogP contribution in [-0.4, -0.2) is 40.1 Å². The van der Waals surface area contributed by atoms with E-state index >= 15 is 0 Å². The molecule has 1 aliphatic rings. The summed E-state index contributed by atoms with van der Waals surface area (Å²) in [5.74, 6) is -0.00385. The Labute approximate surface area is 149 Å². The van der Waals surface area contributed by atoms with Gasteiger partial charge in [-0.1, -0.05) is 43.7 Å². The van der Waals surface area contributed by atoms with Gasteiger partial charge in [-0.05, 0) is 24.8 Å². The Kier molecular flexibility index (Phi) is 5.35. The first kappa shape index (κ1) is 18.5. The molecule has 0 aliphatic carbocycles. The molecule has 0 radical (unpaired) electrons. The Bertz CT molecular complexity index is 708. The molecule has 3 rings (SSSR count). The van der Waals surface area contributed by atoms with E-state index in [2.05, 4.69) is 24.0 Å². The molecule has 1 atom stereocenters. The number of carbonyl (C=O) groups is 1. The monoisotopic (exact) mass is 348 g/mol. The molecule has 3 N–H and O–H groups in total. The van der Waals surface area contributed by atoms with E-state index in [0.717, 1.165) is 17.7 Å². The van der Waals surface area contributed by atoms with Crippen molar-refractivity contribution in [2.75, 3.05) is 13.1 Å². The smallest absolute Gasteiger partial charge is 0.271 e. The summed E-state index contributed by atoms with van der Waals surface area (Å²) in [7, 11) is 0. The Hall–Kier alpha value is -1.85. The number of nitrogens with zero attached hydrogens (tertiary/aromatic N) is 2. The number of aromatic nitrogens is 2. The van der Waals surface area contributed by atoms with E-state index in [9.17, 15) is 4.79 Å². The molecule has 2 heterocycles. The Morgan fingerprint density at radius 1 is 1.33 bits per heavy atom. The lowest BCUT2D eigenvalue weighted by Gasteiger charge is -2.42. The van der Waals surface area contributed by atoms with Gasteiger partial charge in [-0.3, -0.25) is 9.89 Å². The molecular weight excluding hydrogens is 324 g/mol. The fourth-order valence-corrected chi connectivity index (χ4v) is 3.02. The van der Waals surface area contributed by atoms with Gasteiger partial charge >= 0.3 is 0 Å². The maximum absolute atomic E-state index is 12.7. The number of carbonyl (C=O) groups excluding carboxylic acids is 1. The summed E-state index contributed by atoms with van der Waals surface area (Å²) in [5, 5.41) is 7.17. The predicted molar refractivity (Wildman–Crippen MR) is 98.3 cm³/mol. The third-order valence-electron chi connectivity index (χ3n) is 4.75. The number of aryl methyl sites for hydroxylation is 1. The minimum Gasteiger partial charge on any atom is -0.337 e. The predicted octanol–water partition coefficient (Wildman–Crippen LogP) is 3.01. The third kappa shape index (κ3) is 3.62. The number of halogens is 1. The molecule has 1 saturated heterocycles. The van der Waals surface area contributed by atoms with Crippen LogP contribution in [0.1, 0.15) is 36.3 Å². The summed E-state index contributed by atoms with van der Waals surface area (Å²) in [4.78, 5) is 14.6. The number of nitrogens with two attached hydrogens (primary N) is 1. The van der Waals surface area contributed by atoms with Gasteiger partial charge in [0.15, 0.2) is 0 Å². The molecule has 0 spiro atoms. The zero-order valence-corrected chi connectivity index (χ0v) is 15.2. The highest BCUT2D eigenvalue weighted by Gasteiger charge is 2.36. The minimum atomic E-state index is -0.0618. The van der Waals surface area contributed by atoms with Gasteiger partial charge in [0.25, 0.3) is 5.91 Å². The maximum atomic E-state index is 12.7. The van der Waals surface area contributed by atoms with Gasteiger partial charge in [0.05, 0.1) is 5.69 Å². The van der Waals surface area contributed by atoms with E-state index in [-0.39, 0.29) is 29.8 Å². The topological polar surface area (TPSA) is 75.0 Å². The fraction of sp³-hybridized carbons (Fsp3) is 0.444. The van der Waals surface area contributed by atoms with Crippen LogP contribution in [0.2, 0.25) is 0 Å². The average molecular weight is 349 g/mol. The van der Waals surface area contributed by atoms with Gasteiger partial charge < -0.3 is 10.6 Å². The van der Waals surface area contributed by atoms with Crippen molar-refractivity contribution in [3.63, 3.8) is 0 Å². The van der Waals surface area contributed by atoms with Crippen molar-refractivity contribution in [1.82, 2.24) is 15.1 Å². The molecule has 6 heteroatoms. The molecule has 1 unspecified atom stereocenters. The van der Waals surface area contributed by atoms with Crippen LogP contribution in [0.4, 0.5) is 0 Å². The number of likely N-dealkylation sites (tertiary alicyclic amines) is 1. The SMILES string of the molecule is Cc1ccc(-c2cc(C(=O)N3CCC(N)C(C)(C)C3)[nH]n2)cc1.Cl.